The molecular formula is C44H78NO8P. The number of allylic oxidation sites excluding steroid dienone is 10. The summed E-state index contributed by atoms with van der Waals surface area (Å²) in [5.41, 5.74) is 0. The molecule has 2 atom stereocenters. The normalized spacial score (nSPS) is 13.9. The number of hydrogen-bond acceptors (Lipinski definition) is 8. The summed E-state index contributed by atoms with van der Waals surface area (Å²) in [4.78, 5) is 35.0. The number of likely N-dealkylation sites (N-methyl/N-ethyl adjacent to an activating group) is 1. The van der Waals surface area contributed by atoms with Crippen molar-refractivity contribution in [3.63, 3.8) is 0 Å². The highest BCUT2D eigenvalue weighted by Crippen LogP contribution is 2.43. The van der Waals surface area contributed by atoms with E-state index in [4.69, 9.17) is 18.5 Å². The number of unbranched alkanes of at least 4 members (excludes halogenated alkanes) is 15. The van der Waals surface area contributed by atoms with Crippen molar-refractivity contribution in [3.8, 4) is 0 Å². The molecule has 0 aliphatic carbocycles. The Balaban J connectivity index is 4.31. The number of carbonyl (C=O) groups is 2. The van der Waals surface area contributed by atoms with Crippen molar-refractivity contribution >= 4 is 19.8 Å². The van der Waals surface area contributed by atoms with E-state index in [0.29, 0.717) is 19.4 Å². The van der Waals surface area contributed by atoms with Crippen LogP contribution in [0.15, 0.2) is 60.8 Å². The molecule has 312 valence electrons. The summed E-state index contributed by atoms with van der Waals surface area (Å²) >= 11 is 0. The van der Waals surface area contributed by atoms with Crippen molar-refractivity contribution in [1.29, 1.82) is 0 Å². The molecule has 0 aromatic carbocycles. The zero-order chi connectivity index (χ0) is 39.6. The first-order chi connectivity index (χ1) is 26.3. The van der Waals surface area contributed by atoms with Gasteiger partial charge in [0.1, 0.15) is 6.61 Å². The SMILES string of the molecule is CCCCC/C=C\C/C=C\C/C=C\C/C=C\CCCCCC(=O)OCC(COP(=O)(O)OCCNC)OC(=O)CCCCCCC/C=C\CCCCCC. The molecule has 2 N–H and O–H groups in total. The minimum absolute atomic E-state index is 0.0263. The van der Waals surface area contributed by atoms with Crippen LogP contribution in [0.1, 0.15) is 168 Å². The largest absolute Gasteiger partial charge is 0.472 e. The minimum Gasteiger partial charge on any atom is -0.462 e. The number of ether oxygens (including phenoxy) is 2. The number of phosphoric ester groups is 1. The third kappa shape index (κ3) is 39.4. The van der Waals surface area contributed by atoms with Gasteiger partial charge in [0.15, 0.2) is 6.10 Å². The Kier molecular flexibility index (Phi) is 38.7. The fourth-order valence-electron chi connectivity index (χ4n) is 5.35. The maximum Gasteiger partial charge on any atom is 0.472 e. The maximum absolute atomic E-state index is 12.6. The van der Waals surface area contributed by atoms with Crippen molar-refractivity contribution in [3.05, 3.63) is 60.8 Å². The first kappa shape index (κ1) is 51.7. The van der Waals surface area contributed by atoms with E-state index in [1.807, 2.05) is 0 Å². The van der Waals surface area contributed by atoms with E-state index >= 15 is 0 Å². The van der Waals surface area contributed by atoms with Crippen molar-refractivity contribution in [1.82, 2.24) is 5.32 Å². The first-order valence-corrected chi connectivity index (χ1v) is 22.7. The second-order valence-corrected chi connectivity index (χ2v) is 15.3. The van der Waals surface area contributed by atoms with E-state index < -0.39 is 32.5 Å². The van der Waals surface area contributed by atoms with Crippen LogP contribution >= 0.6 is 7.82 Å². The monoisotopic (exact) mass is 780 g/mol. The van der Waals surface area contributed by atoms with Gasteiger partial charge in [-0.1, -0.05) is 132 Å². The van der Waals surface area contributed by atoms with E-state index in [1.54, 1.807) is 7.05 Å². The molecule has 0 saturated carbocycles. The third-order valence-electron chi connectivity index (χ3n) is 8.61. The first-order valence-electron chi connectivity index (χ1n) is 21.2. The van der Waals surface area contributed by atoms with Gasteiger partial charge < -0.3 is 19.7 Å². The second-order valence-electron chi connectivity index (χ2n) is 13.8. The summed E-state index contributed by atoms with van der Waals surface area (Å²) in [6.45, 7) is 4.12. The number of esters is 2. The van der Waals surface area contributed by atoms with Gasteiger partial charge >= 0.3 is 19.8 Å². The molecule has 2 unspecified atom stereocenters. The predicted molar refractivity (Wildman–Crippen MR) is 224 cm³/mol. The van der Waals surface area contributed by atoms with Crippen molar-refractivity contribution in [2.75, 3.05) is 33.4 Å². The van der Waals surface area contributed by atoms with E-state index in [1.165, 1.54) is 57.8 Å². The molecule has 0 saturated heterocycles. The van der Waals surface area contributed by atoms with Crippen LogP contribution in [-0.2, 0) is 32.7 Å². The lowest BCUT2D eigenvalue weighted by molar-refractivity contribution is -0.161. The lowest BCUT2D eigenvalue weighted by Gasteiger charge is -2.20. The van der Waals surface area contributed by atoms with Gasteiger partial charge in [0.2, 0.25) is 0 Å². The molecule has 0 aromatic rings. The molecule has 0 spiro atoms. The highest BCUT2D eigenvalue weighted by molar-refractivity contribution is 7.47. The van der Waals surface area contributed by atoms with Crippen molar-refractivity contribution < 1.29 is 37.6 Å². The highest BCUT2D eigenvalue weighted by Gasteiger charge is 2.26. The molecule has 0 amide bonds. The van der Waals surface area contributed by atoms with E-state index in [-0.39, 0.29) is 26.1 Å². The number of nitrogens with one attached hydrogen (secondary N) is 1. The fourth-order valence-corrected chi connectivity index (χ4v) is 6.10. The van der Waals surface area contributed by atoms with Gasteiger partial charge in [0, 0.05) is 19.4 Å². The molecule has 0 heterocycles. The number of hydrogen-bond donors (Lipinski definition) is 2. The number of rotatable bonds is 39. The van der Waals surface area contributed by atoms with Crippen LogP contribution in [0.3, 0.4) is 0 Å². The zero-order valence-corrected chi connectivity index (χ0v) is 35.3. The van der Waals surface area contributed by atoms with Gasteiger partial charge in [0.05, 0.1) is 13.2 Å². The quantitative estimate of drug-likeness (QED) is 0.0272. The van der Waals surface area contributed by atoms with Gasteiger partial charge in [-0.15, -0.1) is 0 Å². The molecule has 0 radical (unpaired) electrons. The Morgan fingerprint density at radius 3 is 1.56 bits per heavy atom. The fraction of sp³-hybridized carbons (Fsp3) is 0.727. The summed E-state index contributed by atoms with van der Waals surface area (Å²) in [6, 6.07) is 0. The second kappa shape index (κ2) is 40.4. The Bertz CT molecular complexity index is 1070. The Morgan fingerprint density at radius 1 is 0.574 bits per heavy atom. The van der Waals surface area contributed by atoms with Gasteiger partial charge in [-0.2, -0.15) is 0 Å². The zero-order valence-electron chi connectivity index (χ0n) is 34.4. The molecule has 0 aliphatic heterocycles. The molecular weight excluding hydrogens is 701 g/mol. The van der Waals surface area contributed by atoms with Gasteiger partial charge in [-0.3, -0.25) is 18.6 Å². The number of carbonyl (C=O) groups excluding carboxylic acids is 2. The lowest BCUT2D eigenvalue weighted by Crippen LogP contribution is -2.29. The van der Waals surface area contributed by atoms with Crippen LogP contribution in [-0.4, -0.2) is 56.3 Å². The average molecular weight is 780 g/mol. The van der Waals surface area contributed by atoms with Crippen LogP contribution in [0.2, 0.25) is 0 Å². The average Bonchev–Trinajstić information content (AvgIpc) is 3.15. The van der Waals surface area contributed by atoms with Gasteiger partial charge in [0.25, 0.3) is 0 Å². The smallest absolute Gasteiger partial charge is 0.462 e. The number of phosphoric acid groups is 1. The van der Waals surface area contributed by atoms with Crippen molar-refractivity contribution in [2.45, 2.75) is 174 Å². The molecule has 0 bridgehead atoms. The molecule has 0 aliphatic rings. The van der Waals surface area contributed by atoms with Gasteiger partial charge in [-0.05, 0) is 90.5 Å². The maximum atomic E-state index is 12.6. The molecule has 10 heteroatoms. The minimum atomic E-state index is -4.36. The third-order valence-corrected chi connectivity index (χ3v) is 9.59. The topological polar surface area (TPSA) is 120 Å². The summed E-state index contributed by atoms with van der Waals surface area (Å²) in [6.07, 6.45) is 45.5. The summed E-state index contributed by atoms with van der Waals surface area (Å²) in [5, 5.41) is 2.82. The van der Waals surface area contributed by atoms with E-state index in [0.717, 1.165) is 70.6 Å². The van der Waals surface area contributed by atoms with E-state index in [9.17, 15) is 19.0 Å². The molecule has 0 rings (SSSR count). The lowest BCUT2D eigenvalue weighted by atomic mass is 10.1. The predicted octanol–water partition coefficient (Wildman–Crippen LogP) is 12.0. The van der Waals surface area contributed by atoms with Crippen LogP contribution in [0, 0.1) is 0 Å². The van der Waals surface area contributed by atoms with Crippen LogP contribution in [0.25, 0.3) is 0 Å². The summed E-state index contributed by atoms with van der Waals surface area (Å²) < 4.78 is 33.1. The standard InChI is InChI=1S/C44H78NO8P/c1-4-6-8-10-12-14-16-18-19-20-21-22-23-25-26-28-30-32-34-36-43(46)50-40-42(41-52-54(48,49)51-39-38-45-3)53-44(47)37-35-33-31-29-27-24-17-15-13-11-9-7-5-2/h12,14-15,17-19,21-22,25-26,42,45H,4-11,13,16,20,23-24,27-41H2,1-3H3,(H,48,49)/b14-12-,17-15-,19-18-,22-21-,26-25-. The summed E-state index contributed by atoms with van der Waals surface area (Å²) in [5.74, 6) is -0.857. The Labute approximate surface area is 330 Å². The van der Waals surface area contributed by atoms with Gasteiger partial charge in [-0.25, -0.2) is 4.57 Å². The van der Waals surface area contributed by atoms with Crippen LogP contribution in [0.5, 0.6) is 0 Å². The molecule has 0 aromatic heterocycles. The Morgan fingerprint density at radius 2 is 1.00 bits per heavy atom. The van der Waals surface area contributed by atoms with Crippen LogP contribution in [0.4, 0.5) is 0 Å². The van der Waals surface area contributed by atoms with Crippen molar-refractivity contribution in [2.24, 2.45) is 0 Å². The van der Waals surface area contributed by atoms with Crippen LogP contribution < -0.4 is 5.32 Å². The summed E-state index contributed by atoms with van der Waals surface area (Å²) in [7, 11) is -2.67. The van der Waals surface area contributed by atoms with E-state index in [2.05, 4.69) is 79.9 Å². The molecule has 0 fully saturated rings. The highest BCUT2D eigenvalue weighted by atomic mass is 31.2. The molecule has 54 heavy (non-hydrogen) atoms. The molecule has 9 nitrogen and oxygen atoms in total. The Hall–Kier alpha value is -2.29.